The van der Waals surface area contributed by atoms with Crippen LogP contribution in [0.1, 0.15) is 12.8 Å². The highest BCUT2D eigenvalue weighted by Gasteiger charge is 2.20. The number of phenolic OH excluding ortho intramolecular Hbond substituents is 1. The largest absolute Gasteiger partial charge is 0.507 e. The van der Waals surface area contributed by atoms with Crippen LogP contribution in [0.15, 0.2) is 30.3 Å². The third-order valence-electron chi connectivity index (χ3n) is 3.84. The summed E-state index contributed by atoms with van der Waals surface area (Å²) in [5, 5.41) is 17.9. The van der Waals surface area contributed by atoms with Gasteiger partial charge in [-0.2, -0.15) is 0 Å². The third-order valence-corrected chi connectivity index (χ3v) is 3.84. The van der Waals surface area contributed by atoms with Crippen molar-refractivity contribution in [2.75, 3.05) is 25.9 Å². The normalized spacial score (nSPS) is 19.0. The predicted molar refractivity (Wildman–Crippen MR) is 84.7 cm³/mol. The molecule has 1 aromatic heterocycles. The Bertz CT molecular complexity index is 662. The highest BCUT2D eigenvalue weighted by atomic mass is 16.5. The van der Waals surface area contributed by atoms with Crippen molar-refractivity contribution >= 4 is 5.82 Å². The van der Waals surface area contributed by atoms with Gasteiger partial charge in [-0.05, 0) is 38.6 Å². The Balaban J connectivity index is 1.85. The van der Waals surface area contributed by atoms with Crippen LogP contribution >= 0.6 is 0 Å². The Morgan fingerprint density at radius 2 is 2.14 bits per heavy atom. The maximum atomic E-state index is 9.93. The molecular formula is C16H20N4O2. The van der Waals surface area contributed by atoms with E-state index in [0.717, 1.165) is 25.9 Å². The number of benzene rings is 1. The summed E-state index contributed by atoms with van der Waals surface area (Å²) in [6.45, 7) is 1.96. The van der Waals surface area contributed by atoms with E-state index >= 15 is 0 Å². The summed E-state index contributed by atoms with van der Waals surface area (Å²) >= 11 is 0. The van der Waals surface area contributed by atoms with Crippen LogP contribution in [0, 0.1) is 0 Å². The Kier molecular flexibility index (Phi) is 4.11. The summed E-state index contributed by atoms with van der Waals surface area (Å²) in [6, 6.07) is 8.74. The van der Waals surface area contributed by atoms with Crippen LogP contribution in [0.25, 0.3) is 11.3 Å². The van der Waals surface area contributed by atoms with Crippen LogP contribution in [0.5, 0.6) is 11.5 Å². The number of phenols is 1. The molecule has 116 valence electrons. The van der Waals surface area contributed by atoms with E-state index in [1.54, 1.807) is 24.3 Å². The number of anilines is 1. The van der Waals surface area contributed by atoms with Crippen molar-refractivity contribution in [3.8, 4) is 22.8 Å². The quantitative estimate of drug-likeness (QED) is 0.900. The molecule has 3 rings (SSSR count). The topological polar surface area (TPSA) is 84.5 Å². The predicted octanol–water partition coefficient (Wildman–Crippen LogP) is 1.90. The van der Waals surface area contributed by atoms with Crippen molar-refractivity contribution in [1.29, 1.82) is 0 Å². The SMILES string of the molecule is CN1CCCC(Oc2cc(-c3ccccc3O)nnc2N)C1. The molecule has 22 heavy (non-hydrogen) atoms. The van der Waals surface area contributed by atoms with E-state index in [-0.39, 0.29) is 17.7 Å². The molecule has 1 aliphatic heterocycles. The number of aromatic nitrogens is 2. The zero-order chi connectivity index (χ0) is 15.5. The Labute approximate surface area is 129 Å². The number of hydrogen-bond donors (Lipinski definition) is 2. The molecule has 0 aliphatic carbocycles. The van der Waals surface area contributed by atoms with E-state index in [9.17, 15) is 5.11 Å². The molecule has 6 nitrogen and oxygen atoms in total. The van der Waals surface area contributed by atoms with E-state index in [1.165, 1.54) is 0 Å². The maximum Gasteiger partial charge on any atom is 0.188 e. The first-order chi connectivity index (χ1) is 10.6. The average molecular weight is 300 g/mol. The molecule has 0 radical (unpaired) electrons. The van der Waals surface area contributed by atoms with Gasteiger partial charge in [0.1, 0.15) is 17.5 Å². The van der Waals surface area contributed by atoms with E-state index in [4.69, 9.17) is 10.5 Å². The van der Waals surface area contributed by atoms with Gasteiger partial charge in [-0.1, -0.05) is 12.1 Å². The zero-order valence-electron chi connectivity index (χ0n) is 12.6. The summed E-state index contributed by atoms with van der Waals surface area (Å²) in [5.74, 6) is 0.950. The minimum atomic E-state index is 0.0995. The fourth-order valence-electron chi connectivity index (χ4n) is 2.70. The molecule has 1 atom stereocenters. The average Bonchev–Trinajstić information content (AvgIpc) is 2.50. The number of para-hydroxylation sites is 1. The minimum Gasteiger partial charge on any atom is -0.507 e. The summed E-state index contributed by atoms with van der Waals surface area (Å²) in [6.07, 6.45) is 2.20. The fraction of sp³-hybridized carbons (Fsp3) is 0.375. The molecule has 2 heterocycles. The lowest BCUT2D eigenvalue weighted by Crippen LogP contribution is -2.38. The van der Waals surface area contributed by atoms with E-state index in [2.05, 4.69) is 22.1 Å². The number of hydrogen-bond acceptors (Lipinski definition) is 6. The van der Waals surface area contributed by atoms with E-state index < -0.39 is 0 Å². The van der Waals surface area contributed by atoms with Gasteiger partial charge in [0.05, 0.1) is 0 Å². The molecule has 6 heteroatoms. The number of nitrogen functional groups attached to an aromatic ring is 1. The first-order valence-electron chi connectivity index (χ1n) is 7.40. The molecule has 0 spiro atoms. The molecule has 0 bridgehead atoms. The van der Waals surface area contributed by atoms with Crippen molar-refractivity contribution in [3.05, 3.63) is 30.3 Å². The Morgan fingerprint density at radius 3 is 2.91 bits per heavy atom. The summed E-state index contributed by atoms with van der Waals surface area (Å²) in [4.78, 5) is 2.24. The number of piperidine rings is 1. The number of rotatable bonds is 3. The lowest BCUT2D eigenvalue weighted by atomic mass is 10.1. The number of likely N-dealkylation sites (N-methyl/N-ethyl adjacent to an activating group) is 1. The molecule has 1 aliphatic rings. The smallest absolute Gasteiger partial charge is 0.188 e. The standard InChI is InChI=1S/C16H20N4O2/c1-20-8-4-5-11(10-20)22-15-9-13(18-19-16(15)17)12-6-2-3-7-14(12)21/h2-3,6-7,9,11,21H,4-5,8,10H2,1H3,(H2,17,19). The van der Waals surface area contributed by atoms with Gasteiger partial charge in [0.25, 0.3) is 0 Å². The van der Waals surface area contributed by atoms with Crippen LogP contribution in [-0.2, 0) is 0 Å². The molecule has 1 unspecified atom stereocenters. The molecule has 1 saturated heterocycles. The highest BCUT2D eigenvalue weighted by Crippen LogP contribution is 2.31. The summed E-state index contributed by atoms with van der Waals surface area (Å²) in [7, 11) is 2.08. The second kappa shape index (κ2) is 6.19. The number of ether oxygens (including phenoxy) is 1. The second-order valence-corrected chi connectivity index (χ2v) is 5.64. The van der Waals surface area contributed by atoms with Crippen LogP contribution < -0.4 is 10.5 Å². The monoisotopic (exact) mass is 300 g/mol. The summed E-state index contributed by atoms with van der Waals surface area (Å²) < 4.78 is 6.01. The molecular weight excluding hydrogens is 280 g/mol. The second-order valence-electron chi connectivity index (χ2n) is 5.64. The number of aromatic hydroxyl groups is 1. The van der Waals surface area contributed by atoms with Crippen LogP contribution in [0.4, 0.5) is 5.82 Å². The molecule has 1 aromatic carbocycles. The van der Waals surface area contributed by atoms with Gasteiger partial charge >= 0.3 is 0 Å². The first kappa shape index (κ1) is 14.6. The minimum absolute atomic E-state index is 0.0995. The van der Waals surface area contributed by atoms with Crippen molar-refractivity contribution in [2.24, 2.45) is 0 Å². The van der Waals surface area contributed by atoms with Crippen molar-refractivity contribution in [2.45, 2.75) is 18.9 Å². The number of nitrogens with two attached hydrogens (primary N) is 1. The lowest BCUT2D eigenvalue weighted by molar-refractivity contribution is 0.104. The third kappa shape index (κ3) is 3.12. The molecule has 3 N–H and O–H groups in total. The lowest BCUT2D eigenvalue weighted by Gasteiger charge is -2.30. The molecule has 1 fully saturated rings. The van der Waals surface area contributed by atoms with Crippen LogP contribution in [0.3, 0.4) is 0 Å². The Morgan fingerprint density at radius 1 is 1.32 bits per heavy atom. The van der Waals surface area contributed by atoms with Gasteiger partial charge < -0.3 is 20.5 Å². The van der Waals surface area contributed by atoms with Crippen molar-refractivity contribution in [3.63, 3.8) is 0 Å². The van der Waals surface area contributed by atoms with Gasteiger partial charge in [0, 0.05) is 18.2 Å². The molecule has 0 amide bonds. The van der Waals surface area contributed by atoms with Gasteiger partial charge in [0.15, 0.2) is 11.6 Å². The fourth-order valence-corrected chi connectivity index (χ4v) is 2.70. The maximum absolute atomic E-state index is 9.93. The Hall–Kier alpha value is -2.34. The number of nitrogens with zero attached hydrogens (tertiary/aromatic N) is 3. The van der Waals surface area contributed by atoms with Gasteiger partial charge in [-0.3, -0.25) is 0 Å². The zero-order valence-corrected chi connectivity index (χ0v) is 12.6. The first-order valence-corrected chi connectivity index (χ1v) is 7.40. The highest BCUT2D eigenvalue weighted by molar-refractivity contribution is 5.68. The number of likely N-dealkylation sites (tertiary alicyclic amines) is 1. The van der Waals surface area contributed by atoms with E-state index in [1.807, 2.05) is 6.07 Å². The van der Waals surface area contributed by atoms with Gasteiger partial charge in [-0.25, -0.2) is 0 Å². The van der Waals surface area contributed by atoms with Gasteiger partial charge in [0.2, 0.25) is 0 Å². The van der Waals surface area contributed by atoms with Crippen LogP contribution in [0.2, 0.25) is 0 Å². The molecule has 0 saturated carbocycles. The van der Waals surface area contributed by atoms with Crippen molar-refractivity contribution < 1.29 is 9.84 Å². The van der Waals surface area contributed by atoms with Crippen LogP contribution in [-0.4, -0.2) is 46.4 Å². The molecule has 2 aromatic rings. The van der Waals surface area contributed by atoms with E-state index in [0.29, 0.717) is 17.0 Å². The van der Waals surface area contributed by atoms with Gasteiger partial charge in [-0.15, -0.1) is 10.2 Å². The van der Waals surface area contributed by atoms with Crippen molar-refractivity contribution in [1.82, 2.24) is 15.1 Å². The summed E-state index contributed by atoms with van der Waals surface area (Å²) in [5.41, 5.74) is 7.04.